The van der Waals surface area contributed by atoms with Gasteiger partial charge >= 0.3 is 11.9 Å². The highest BCUT2D eigenvalue weighted by molar-refractivity contribution is 5.71. The van der Waals surface area contributed by atoms with Gasteiger partial charge in [0.25, 0.3) is 0 Å². The van der Waals surface area contributed by atoms with E-state index in [1.54, 1.807) is 0 Å². The maximum atomic E-state index is 13.3. The Hall–Kier alpha value is -1.70. The van der Waals surface area contributed by atoms with Gasteiger partial charge in [-0.1, -0.05) is 110 Å². The Morgan fingerprint density at radius 2 is 1.51 bits per heavy atom. The molecule has 7 nitrogen and oxygen atoms in total. The number of aliphatic hydroxyl groups is 3. The van der Waals surface area contributed by atoms with Crippen LogP contribution < -0.4 is 0 Å². The molecule has 0 aromatic carbocycles. The van der Waals surface area contributed by atoms with Crippen LogP contribution in [0.4, 0.5) is 0 Å². The molecule has 4 rings (SSSR count). The summed E-state index contributed by atoms with van der Waals surface area (Å²) in [5.41, 5.74) is -2.74. The second-order valence-corrected chi connectivity index (χ2v) is 14.9. The molecule has 0 aromatic rings. The normalized spacial score (nSPS) is 37.3. The van der Waals surface area contributed by atoms with Gasteiger partial charge in [-0.3, -0.25) is 9.59 Å². The molecule has 0 aromatic heterocycles. The number of rotatable bonds is 15. The molecule has 2 saturated carbocycles. The van der Waals surface area contributed by atoms with Crippen LogP contribution in [-0.4, -0.2) is 56.8 Å². The van der Waals surface area contributed by atoms with Gasteiger partial charge in [0.2, 0.25) is 0 Å². The molecular weight excluding hydrogens is 544 g/mol. The largest absolute Gasteiger partial charge is 0.458 e. The van der Waals surface area contributed by atoms with E-state index in [2.05, 4.69) is 6.92 Å². The van der Waals surface area contributed by atoms with Crippen molar-refractivity contribution in [1.29, 1.82) is 0 Å². The maximum Gasteiger partial charge on any atom is 0.306 e. The summed E-state index contributed by atoms with van der Waals surface area (Å²) in [6.07, 6.45) is 17.1. The Kier molecular flexibility index (Phi) is 10.6. The van der Waals surface area contributed by atoms with E-state index < -0.39 is 52.0 Å². The Bertz CT molecular complexity index is 1080. The van der Waals surface area contributed by atoms with Crippen LogP contribution in [0.25, 0.3) is 0 Å². The van der Waals surface area contributed by atoms with E-state index in [1.807, 2.05) is 39.8 Å². The van der Waals surface area contributed by atoms with Gasteiger partial charge < -0.3 is 24.8 Å². The molecule has 0 unspecified atom stereocenters. The number of ether oxygens (including phenoxy) is 2. The van der Waals surface area contributed by atoms with Crippen LogP contribution in [-0.2, 0) is 19.1 Å². The fourth-order valence-corrected chi connectivity index (χ4v) is 9.42. The lowest BCUT2D eigenvalue weighted by Crippen LogP contribution is -2.65. The molecular formula is C36H58O7. The third-order valence-electron chi connectivity index (χ3n) is 11.5. The topological polar surface area (TPSA) is 113 Å². The molecule has 0 saturated heterocycles. The van der Waals surface area contributed by atoms with Crippen molar-refractivity contribution in [3.63, 3.8) is 0 Å². The minimum Gasteiger partial charge on any atom is -0.458 e. The lowest BCUT2D eigenvalue weighted by molar-refractivity contribution is -0.229. The van der Waals surface area contributed by atoms with E-state index in [1.165, 1.54) is 58.3 Å². The molecule has 0 heterocycles. The Labute approximate surface area is 259 Å². The fourth-order valence-electron chi connectivity index (χ4n) is 9.42. The highest BCUT2D eigenvalue weighted by atomic mass is 16.6. The molecule has 0 aliphatic heterocycles. The van der Waals surface area contributed by atoms with E-state index in [9.17, 15) is 24.9 Å². The Balaban J connectivity index is 1.48. The van der Waals surface area contributed by atoms with Gasteiger partial charge in [-0.05, 0) is 25.3 Å². The molecule has 0 bridgehead atoms. The summed E-state index contributed by atoms with van der Waals surface area (Å²) in [5, 5.41) is 34.9. The maximum absolute atomic E-state index is 13.3. The van der Waals surface area contributed by atoms with E-state index >= 15 is 0 Å². The van der Waals surface area contributed by atoms with Crippen LogP contribution in [0.1, 0.15) is 131 Å². The smallest absolute Gasteiger partial charge is 0.306 e. The van der Waals surface area contributed by atoms with Gasteiger partial charge in [-0.2, -0.15) is 0 Å². The summed E-state index contributed by atoms with van der Waals surface area (Å²) >= 11 is 0. The molecule has 8 atom stereocenters. The first-order chi connectivity index (χ1) is 20.3. The molecule has 43 heavy (non-hydrogen) atoms. The molecule has 244 valence electrons. The fraction of sp³-hybridized carbons (Fsp3) is 0.833. The van der Waals surface area contributed by atoms with E-state index in [-0.39, 0.29) is 31.3 Å². The summed E-state index contributed by atoms with van der Waals surface area (Å²) in [7, 11) is 0. The van der Waals surface area contributed by atoms with E-state index in [0.717, 1.165) is 24.8 Å². The molecule has 0 spiro atoms. The summed E-state index contributed by atoms with van der Waals surface area (Å²) in [6, 6.07) is 0. The average Bonchev–Trinajstić information content (AvgIpc) is 3.27. The molecule has 7 heteroatoms. The number of aliphatic hydroxyl groups excluding tert-OH is 1. The third kappa shape index (κ3) is 6.24. The number of carbonyl (C=O) groups is 2. The lowest BCUT2D eigenvalue weighted by Gasteiger charge is -2.53. The molecule has 0 radical (unpaired) electrons. The van der Waals surface area contributed by atoms with E-state index in [4.69, 9.17) is 9.47 Å². The molecule has 4 aliphatic rings. The Morgan fingerprint density at radius 3 is 2.07 bits per heavy atom. The van der Waals surface area contributed by atoms with Gasteiger partial charge in [-0.15, -0.1) is 0 Å². The van der Waals surface area contributed by atoms with Crippen molar-refractivity contribution in [2.45, 2.75) is 154 Å². The van der Waals surface area contributed by atoms with Gasteiger partial charge in [0, 0.05) is 48.9 Å². The molecule has 4 aliphatic carbocycles. The van der Waals surface area contributed by atoms with Crippen molar-refractivity contribution < 1.29 is 34.4 Å². The predicted octanol–water partition coefficient (Wildman–Crippen LogP) is 6.57. The lowest BCUT2D eigenvalue weighted by atomic mass is 9.59. The number of unbranched alkanes of at least 4 members (excludes halogenated alkanes) is 10. The monoisotopic (exact) mass is 602 g/mol. The number of hydrogen-bond donors (Lipinski definition) is 3. The quantitative estimate of drug-likeness (QED) is 0.110. The molecule has 3 N–H and O–H groups in total. The first-order valence-electron chi connectivity index (χ1n) is 17.1. The van der Waals surface area contributed by atoms with Crippen LogP contribution >= 0.6 is 0 Å². The first kappa shape index (κ1) is 34.2. The number of fused-ring (bicyclic) bond motifs is 5. The zero-order valence-corrected chi connectivity index (χ0v) is 27.6. The Morgan fingerprint density at radius 1 is 0.930 bits per heavy atom. The van der Waals surface area contributed by atoms with Crippen molar-refractivity contribution in [2.75, 3.05) is 6.61 Å². The van der Waals surface area contributed by atoms with Gasteiger partial charge in [0.1, 0.15) is 6.10 Å². The van der Waals surface area contributed by atoms with Gasteiger partial charge in [-0.25, -0.2) is 0 Å². The van der Waals surface area contributed by atoms with Crippen LogP contribution in [0.15, 0.2) is 23.3 Å². The predicted molar refractivity (Wildman–Crippen MR) is 167 cm³/mol. The zero-order valence-electron chi connectivity index (χ0n) is 27.6. The first-order valence-corrected chi connectivity index (χ1v) is 17.1. The second kappa shape index (κ2) is 13.3. The third-order valence-corrected chi connectivity index (χ3v) is 11.5. The van der Waals surface area contributed by atoms with Crippen molar-refractivity contribution in [3.05, 3.63) is 23.3 Å². The summed E-state index contributed by atoms with van der Waals surface area (Å²) < 4.78 is 12.4. The van der Waals surface area contributed by atoms with Crippen LogP contribution in [0, 0.1) is 29.1 Å². The van der Waals surface area contributed by atoms with E-state index in [0.29, 0.717) is 12.0 Å². The summed E-state index contributed by atoms with van der Waals surface area (Å²) in [4.78, 5) is 25.9. The van der Waals surface area contributed by atoms with Gasteiger partial charge in [0.15, 0.2) is 5.60 Å². The van der Waals surface area contributed by atoms with Crippen molar-refractivity contribution in [2.24, 2.45) is 29.1 Å². The average molecular weight is 603 g/mol. The second-order valence-electron chi connectivity index (χ2n) is 14.9. The highest BCUT2D eigenvalue weighted by Gasteiger charge is 2.87. The van der Waals surface area contributed by atoms with Gasteiger partial charge in [0.05, 0.1) is 17.8 Å². The molecule has 0 amide bonds. The van der Waals surface area contributed by atoms with Crippen molar-refractivity contribution >= 4 is 11.9 Å². The van der Waals surface area contributed by atoms with Crippen molar-refractivity contribution in [3.8, 4) is 0 Å². The standard InChI is InChI=1S/C36H58O7/c1-7-8-9-10-11-12-13-14-15-16-17-18-30(39)42-32-25(3)35(41)28(31-33(5,6)36(31,32)43-26(4)38)20-27(23-37)22-34(40)21-24(2)19-29(34)35/h19-20,25,28-29,31-32,37,40-41H,7-18,21-23H2,1-6H3/t25-,28-,29+,31+,32+,34+,35+,36+/m0/s1. The number of carbonyl (C=O) groups excluding carboxylic acids is 2. The number of esters is 2. The summed E-state index contributed by atoms with van der Waals surface area (Å²) in [6.45, 7) is 11.2. The molecule has 2 fully saturated rings. The minimum absolute atomic E-state index is 0.222. The van der Waals surface area contributed by atoms with Crippen LogP contribution in [0.3, 0.4) is 0 Å². The highest BCUT2D eigenvalue weighted by Crippen LogP contribution is 2.77. The minimum atomic E-state index is -1.47. The summed E-state index contributed by atoms with van der Waals surface area (Å²) in [5.74, 6) is -2.88. The van der Waals surface area contributed by atoms with Crippen LogP contribution in [0.2, 0.25) is 0 Å². The van der Waals surface area contributed by atoms with Crippen LogP contribution in [0.5, 0.6) is 0 Å². The van der Waals surface area contributed by atoms with Crippen molar-refractivity contribution in [1.82, 2.24) is 0 Å². The SMILES string of the molecule is CCCCCCCCCCCCCC(=O)O[C@@H]1[C@H](C)[C@]2(O)[C@@H]3C=C(C)C[C@@]3(O)CC(CO)=C[C@H]2[C@@H]2C(C)(C)[C@]12OC(C)=O. The zero-order chi connectivity index (χ0) is 31.6. The number of hydrogen-bond acceptors (Lipinski definition) is 7.